The molecule has 2 saturated heterocycles. The van der Waals surface area contributed by atoms with Crippen LogP contribution in [0.5, 0.6) is 0 Å². The predicted octanol–water partition coefficient (Wildman–Crippen LogP) is 1.32. The van der Waals surface area contributed by atoms with E-state index in [9.17, 15) is 13.2 Å². The van der Waals surface area contributed by atoms with E-state index >= 15 is 0 Å². The second-order valence-corrected chi connectivity index (χ2v) is 10.7. The molecule has 2 aromatic heterocycles. The average Bonchev–Trinajstić information content (AvgIpc) is 3.11. The smallest absolute Gasteiger partial charge is 0.223 e. The molecule has 4 rings (SSSR count). The number of carbonyl (C=O) groups excluding carboxylic acids is 1. The van der Waals surface area contributed by atoms with Gasteiger partial charge in [0.05, 0.1) is 11.8 Å². The van der Waals surface area contributed by atoms with E-state index in [4.69, 9.17) is 0 Å². The molecule has 0 aromatic carbocycles. The Kier molecular flexibility index (Phi) is 5.91. The quantitative estimate of drug-likeness (QED) is 0.753. The summed E-state index contributed by atoms with van der Waals surface area (Å²) in [5.41, 5.74) is 0. The Morgan fingerprint density at radius 1 is 1.21 bits per heavy atom. The Morgan fingerprint density at radius 2 is 1.97 bits per heavy atom. The van der Waals surface area contributed by atoms with Crippen LogP contribution in [-0.2, 0) is 27.9 Å². The molecule has 2 atom stereocenters. The van der Waals surface area contributed by atoms with Crippen molar-refractivity contribution in [1.82, 2.24) is 24.2 Å². The summed E-state index contributed by atoms with van der Waals surface area (Å²) in [7, 11) is -3.35. The summed E-state index contributed by atoms with van der Waals surface area (Å²) >= 11 is 1.46. The average molecular weight is 437 g/mol. The van der Waals surface area contributed by atoms with E-state index in [-0.39, 0.29) is 23.6 Å². The molecule has 0 saturated carbocycles. The first kappa shape index (κ1) is 20.3. The van der Waals surface area contributed by atoms with Crippen LogP contribution in [0, 0.1) is 5.92 Å². The van der Waals surface area contributed by atoms with Crippen LogP contribution >= 0.6 is 11.3 Å². The highest BCUT2D eigenvalue weighted by atomic mass is 32.2. The molecule has 2 aliphatic rings. The minimum Gasteiger partial charge on any atom is -0.302 e. The number of aromatic nitrogens is 3. The van der Waals surface area contributed by atoms with Gasteiger partial charge in [0.15, 0.2) is 5.13 Å². The van der Waals surface area contributed by atoms with Crippen LogP contribution in [0.4, 0.5) is 5.13 Å². The number of nitrogens with one attached hydrogen (secondary N) is 1. The van der Waals surface area contributed by atoms with Gasteiger partial charge in [-0.05, 0) is 37.9 Å². The molecule has 4 heterocycles. The summed E-state index contributed by atoms with van der Waals surface area (Å²) in [6.45, 7) is 4.53. The van der Waals surface area contributed by atoms with Crippen molar-refractivity contribution < 1.29 is 13.2 Å². The van der Waals surface area contributed by atoms with Crippen LogP contribution in [0.3, 0.4) is 0 Å². The summed E-state index contributed by atoms with van der Waals surface area (Å²) in [6, 6.07) is 1.72. The van der Waals surface area contributed by atoms with Gasteiger partial charge in [0.25, 0.3) is 0 Å². The van der Waals surface area contributed by atoms with Crippen molar-refractivity contribution in [3.8, 4) is 0 Å². The number of hydrogen-bond acceptors (Lipinski definition) is 8. The molecule has 0 spiro atoms. The fraction of sp³-hybridized carbons (Fsp3) is 0.556. The van der Waals surface area contributed by atoms with Gasteiger partial charge in [-0.3, -0.25) is 9.69 Å². The van der Waals surface area contributed by atoms with Gasteiger partial charge in [0.1, 0.15) is 5.82 Å². The summed E-state index contributed by atoms with van der Waals surface area (Å²) in [4.78, 5) is 27.0. The maximum Gasteiger partial charge on any atom is 0.223 e. The first-order valence-corrected chi connectivity index (χ1v) is 11.9. The van der Waals surface area contributed by atoms with Gasteiger partial charge in [-0.15, -0.1) is 11.3 Å². The molecule has 0 aliphatic carbocycles. The topological polar surface area (TPSA) is 108 Å². The van der Waals surface area contributed by atoms with Crippen LogP contribution < -0.4 is 5.32 Å². The number of nitrogens with zero attached hydrogens (tertiary/aromatic N) is 5. The zero-order valence-electron chi connectivity index (χ0n) is 16.2. The minimum atomic E-state index is -3.35. The second-order valence-electron chi connectivity index (χ2n) is 7.47. The number of fused-ring (bicyclic) bond motifs is 1. The molecular formula is C18H24N6O3S2. The van der Waals surface area contributed by atoms with Crippen LogP contribution in [0.2, 0.25) is 0 Å². The lowest BCUT2D eigenvalue weighted by Gasteiger charge is -2.20. The Hall–Kier alpha value is -1.95. The Labute approximate surface area is 174 Å². The number of carbonyl (C=O) groups is 1. The lowest BCUT2D eigenvalue weighted by Crippen LogP contribution is -2.32. The largest absolute Gasteiger partial charge is 0.302 e. The van der Waals surface area contributed by atoms with E-state index in [1.807, 2.05) is 0 Å². The van der Waals surface area contributed by atoms with Crippen LogP contribution in [-0.4, -0.2) is 63.4 Å². The lowest BCUT2D eigenvalue weighted by atomic mass is 10.0. The van der Waals surface area contributed by atoms with E-state index in [2.05, 4.69) is 25.2 Å². The minimum absolute atomic E-state index is 0.130. The van der Waals surface area contributed by atoms with Crippen molar-refractivity contribution >= 4 is 32.4 Å². The van der Waals surface area contributed by atoms with Crippen molar-refractivity contribution in [2.75, 3.05) is 25.0 Å². The number of likely N-dealkylation sites (tertiary alicyclic amines) is 1. The number of hydrogen-bond donors (Lipinski definition) is 1. The van der Waals surface area contributed by atoms with Gasteiger partial charge in [-0.1, -0.05) is 0 Å². The highest BCUT2D eigenvalue weighted by molar-refractivity contribution is 7.90. The van der Waals surface area contributed by atoms with E-state index in [1.54, 1.807) is 29.0 Å². The third-order valence-electron chi connectivity index (χ3n) is 5.41. The van der Waals surface area contributed by atoms with Crippen molar-refractivity contribution in [2.45, 2.75) is 38.1 Å². The molecule has 0 bridgehead atoms. The fourth-order valence-electron chi connectivity index (χ4n) is 4.04. The van der Waals surface area contributed by atoms with Gasteiger partial charge in [0.2, 0.25) is 15.9 Å². The third kappa shape index (κ3) is 4.63. The summed E-state index contributed by atoms with van der Waals surface area (Å²) in [6.07, 6.45) is 6.51. The van der Waals surface area contributed by atoms with Gasteiger partial charge >= 0.3 is 0 Å². The molecule has 1 N–H and O–H groups in total. The number of sulfonamides is 1. The Balaban J connectivity index is 1.38. The zero-order valence-corrected chi connectivity index (χ0v) is 17.8. The maximum absolute atomic E-state index is 13.1. The van der Waals surface area contributed by atoms with Crippen molar-refractivity contribution in [2.24, 2.45) is 5.92 Å². The van der Waals surface area contributed by atoms with Gasteiger partial charge in [-0.2, -0.15) is 4.31 Å². The van der Waals surface area contributed by atoms with Gasteiger partial charge in [-0.25, -0.2) is 23.4 Å². The molecule has 2 unspecified atom stereocenters. The number of rotatable bonds is 5. The third-order valence-corrected chi connectivity index (χ3v) is 8.69. The maximum atomic E-state index is 13.1. The Bertz CT molecular complexity index is 965. The molecule has 2 fully saturated rings. The Morgan fingerprint density at radius 3 is 2.72 bits per heavy atom. The zero-order chi connectivity index (χ0) is 20.4. The van der Waals surface area contributed by atoms with Crippen LogP contribution in [0.15, 0.2) is 24.7 Å². The standard InChI is InChI=1S/C18H24N6O3S2/c1-13(25)22-18-21-9-15(28-18)11-23-7-3-14-10-24(12-17-19-5-2-6-20-17)29(26,27)16(14)4-8-23/h2,5-6,9,14,16H,3-4,7-8,10-12H2,1H3,(H,21,22,25). The number of thiazole rings is 1. The number of amides is 1. The molecule has 11 heteroatoms. The highest BCUT2D eigenvalue weighted by Gasteiger charge is 2.47. The highest BCUT2D eigenvalue weighted by Crippen LogP contribution is 2.35. The molecule has 156 valence electrons. The van der Waals surface area contributed by atoms with Gasteiger partial charge in [0, 0.05) is 43.5 Å². The predicted molar refractivity (Wildman–Crippen MR) is 110 cm³/mol. The van der Waals surface area contributed by atoms with Gasteiger partial charge < -0.3 is 5.32 Å². The van der Waals surface area contributed by atoms with Crippen LogP contribution in [0.25, 0.3) is 0 Å². The molecule has 9 nitrogen and oxygen atoms in total. The lowest BCUT2D eigenvalue weighted by molar-refractivity contribution is -0.114. The van der Waals surface area contributed by atoms with E-state index in [0.717, 1.165) is 30.9 Å². The molecule has 2 aromatic rings. The molecule has 2 aliphatic heterocycles. The van der Waals surface area contributed by atoms with Crippen molar-refractivity contribution in [3.05, 3.63) is 35.4 Å². The second kappa shape index (κ2) is 8.42. The van der Waals surface area contributed by atoms with Crippen LogP contribution in [0.1, 0.15) is 30.5 Å². The monoisotopic (exact) mass is 436 g/mol. The molecule has 29 heavy (non-hydrogen) atoms. The molecular weight excluding hydrogens is 412 g/mol. The normalized spacial score (nSPS) is 24.7. The summed E-state index contributed by atoms with van der Waals surface area (Å²) in [5.74, 6) is 0.531. The first-order valence-electron chi connectivity index (χ1n) is 9.61. The van der Waals surface area contributed by atoms with Crippen molar-refractivity contribution in [1.29, 1.82) is 0 Å². The summed E-state index contributed by atoms with van der Waals surface area (Å²) in [5, 5.41) is 2.96. The number of anilines is 1. The van der Waals surface area contributed by atoms with Crippen molar-refractivity contribution in [3.63, 3.8) is 0 Å². The summed E-state index contributed by atoms with van der Waals surface area (Å²) < 4.78 is 27.7. The van der Waals surface area contributed by atoms with E-state index in [0.29, 0.717) is 23.9 Å². The SMILES string of the molecule is CC(=O)Nc1ncc(CN2CCC3CN(Cc4ncccn4)S(=O)(=O)C3CC2)s1. The van der Waals surface area contributed by atoms with E-state index in [1.165, 1.54) is 18.3 Å². The fourth-order valence-corrected chi connectivity index (χ4v) is 7.13. The molecule has 0 radical (unpaired) electrons. The van der Waals surface area contributed by atoms with E-state index < -0.39 is 10.0 Å². The molecule has 1 amide bonds. The first-order chi connectivity index (χ1) is 13.9.